The van der Waals surface area contributed by atoms with Crippen LogP contribution in [-0.2, 0) is 9.59 Å². The van der Waals surface area contributed by atoms with Crippen LogP contribution < -0.4 is 4.74 Å². The Morgan fingerprint density at radius 2 is 1.87 bits per heavy atom. The zero-order valence-corrected chi connectivity index (χ0v) is 18.5. The fraction of sp³-hybridized carbons (Fsp3) is 0.308. The number of carbonyl (C=O) groups is 2. The van der Waals surface area contributed by atoms with Crippen LogP contribution >= 0.6 is 0 Å². The summed E-state index contributed by atoms with van der Waals surface area (Å²) < 4.78 is 5.57. The molecule has 2 aromatic carbocycles. The van der Waals surface area contributed by atoms with Crippen LogP contribution in [0.1, 0.15) is 55.0 Å². The molecule has 0 saturated carbocycles. The summed E-state index contributed by atoms with van der Waals surface area (Å²) in [5, 5.41) is 11.1. The van der Waals surface area contributed by atoms with Crippen molar-refractivity contribution in [3.63, 3.8) is 0 Å². The van der Waals surface area contributed by atoms with Crippen LogP contribution in [0.25, 0.3) is 5.76 Å². The lowest BCUT2D eigenvalue weighted by Gasteiger charge is -2.24. The van der Waals surface area contributed by atoms with E-state index in [1.807, 2.05) is 38.1 Å². The summed E-state index contributed by atoms with van der Waals surface area (Å²) in [6.07, 6.45) is 1.59. The molecule has 2 aromatic rings. The number of nitrogens with zero attached hydrogens (tertiary/aromatic N) is 1. The van der Waals surface area contributed by atoms with Crippen molar-refractivity contribution in [2.24, 2.45) is 0 Å². The number of carbonyl (C=O) groups excluding carboxylic acids is 2. The topological polar surface area (TPSA) is 66.8 Å². The molecule has 31 heavy (non-hydrogen) atoms. The first kappa shape index (κ1) is 22.3. The number of hydrogen-bond acceptors (Lipinski definition) is 4. The van der Waals surface area contributed by atoms with Crippen LogP contribution in [0, 0.1) is 6.92 Å². The SMILES string of the molecule is C=CCN1C(=O)C(=O)C(=C(O)c2ccc(OCC)c(C)c2)C1c1ccc(C(C)C)cc1. The Morgan fingerprint density at radius 1 is 1.19 bits per heavy atom. The molecule has 162 valence electrons. The maximum Gasteiger partial charge on any atom is 0.295 e. The van der Waals surface area contributed by atoms with Gasteiger partial charge in [-0.25, -0.2) is 0 Å². The second-order valence-electron chi connectivity index (χ2n) is 7.97. The van der Waals surface area contributed by atoms with Gasteiger partial charge in [0.2, 0.25) is 0 Å². The highest BCUT2D eigenvalue weighted by Crippen LogP contribution is 2.40. The lowest BCUT2D eigenvalue weighted by Crippen LogP contribution is -2.29. The number of ether oxygens (including phenoxy) is 1. The number of rotatable bonds is 7. The quantitative estimate of drug-likeness (QED) is 0.293. The summed E-state index contributed by atoms with van der Waals surface area (Å²) >= 11 is 0. The summed E-state index contributed by atoms with van der Waals surface area (Å²) in [7, 11) is 0. The van der Waals surface area contributed by atoms with Gasteiger partial charge >= 0.3 is 0 Å². The van der Waals surface area contributed by atoms with Gasteiger partial charge < -0.3 is 14.7 Å². The molecular weight excluding hydrogens is 390 g/mol. The number of ketones is 1. The van der Waals surface area contributed by atoms with Gasteiger partial charge in [0, 0.05) is 12.1 Å². The van der Waals surface area contributed by atoms with Gasteiger partial charge in [-0.2, -0.15) is 0 Å². The average Bonchev–Trinajstić information content (AvgIpc) is 3.00. The van der Waals surface area contributed by atoms with Crippen molar-refractivity contribution < 1.29 is 19.4 Å². The molecule has 0 radical (unpaired) electrons. The van der Waals surface area contributed by atoms with Crippen LogP contribution in [0.2, 0.25) is 0 Å². The van der Waals surface area contributed by atoms with Crippen molar-refractivity contribution in [2.75, 3.05) is 13.2 Å². The average molecular weight is 420 g/mol. The number of hydrogen-bond donors (Lipinski definition) is 1. The number of Topliss-reactive ketones (excluding diaryl/α,β-unsaturated/α-hetero) is 1. The smallest absolute Gasteiger partial charge is 0.295 e. The Balaban J connectivity index is 2.14. The molecule has 1 aliphatic rings. The lowest BCUT2D eigenvalue weighted by molar-refractivity contribution is -0.139. The molecule has 1 unspecified atom stereocenters. The Hall–Kier alpha value is -3.34. The van der Waals surface area contributed by atoms with E-state index in [2.05, 4.69) is 20.4 Å². The molecule has 3 rings (SSSR count). The van der Waals surface area contributed by atoms with Crippen molar-refractivity contribution in [2.45, 2.75) is 39.7 Å². The van der Waals surface area contributed by atoms with Crippen molar-refractivity contribution in [1.82, 2.24) is 4.90 Å². The van der Waals surface area contributed by atoms with E-state index in [1.54, 1.807) is 24.3 Å². The first-order chi connectivity index (χ1) is 14.8. The monoisotopic (exact) mass is 419 g/mol. The minimum atomic E-state index is -0.691. The number of aryl methyl sites for hydroxylation is 1. The maximum absolute atomic E-state index is 13.0. The molecule has 1 atom stereocenters. The Morgan fingerprint density at radius 3 is 2.42 bits per heavy atom. The van der Waals surface area contributed by atoms with E-state index in [0.717, 1.165) is 16.7 Å². The fourth-order valence-corrected chi connectivity index (χ4v) is 3.89. The first-order valence-corrected chi connectivity index (χ1v) is 10.5. The summed E-state index contributed by atoms with van der Waals surface area (Å²) in [4.78, 5) is 27.2. The predicted octanol–water partition coefficient (Wildman–Crippen LogP) is 5.12. The van der Waals surface area contributed by atoms with Crippen molar-refractivity contribution in [1.29, 1.82) is 0 Å². The zero-order chi connectivity index (χ0) is 22.7. The second-order valence-corrected chi connectivity index (χ2v) is 7.97. The molecule has 0 aromatic heterocycles. The minimum Gasteiger partial charge on any atom is -0.507 e. The van der Waals surface area contributed by atoms with Crippen LogP contribution in [0.15, 0.2) is 60.7 Å². The van der Waals surface area contributed by atoms with Gasteiger partial charge in [0.05, 0.1) is 18.2 Å². The Bertz CT molecular complexity index is 1030. The highest BCUT2D eigenvalue weighted by Gasteiger charge is 2.45. The molecule has 1 fully saturated rings. The predicted molar refractivity (Wildman–Crippen MR) is 122 cm³/mol. The summed E-state index contributed by atoms with van der Waals surface area (Å²) in [5.41, 5.74) is 3.33. The third kappa shape index (κ3) is 4.26. The molecule has 1 saturated heterocycles. The molecule has 0 bridgehead atoms. The van der Waals surface area contributed by atoms with Crippen LogP contribution in [0.3, 0.4) is 0 Å². The summed E-state index contributed by atoms with van der Waals surface area (Å²) in [6, 6.07) is 12.4. The van der Waals surface area contributed by atoms with Crippen molar-refractivity contribution in [3.8, 4) is 5.75 Å². The lowest BCUT2D eigenvalue weighted by atomic mass is 9.93. The molecule has 1 N–H and O–H groups in total. The van der Waals surface area contributed by atoms with E-state index >= 15 is 0 Å². The first-order valence-electron chi connectivity index (χ1n) is 10.5. The van der Waals surface area contributed by atoms with Gasteiger partial charge in [-0.1, -0.05) is 44.2 Å². The van der Waals surface area contributed by atoms with Gasteiger partial charge in [-0.15, -0.1) is 6.58 Å². The number of aliphatic hydroxyl groups excluding tert-OH is 1. The van der Waals surface area contributed by atoms with Crippen LogP contribution in [0.5, 0.6) is 5.75 Å². The molecular formula is C26H29NO4. The van der Waals surface area contributed by atoms with E-state index in [0.29, 0.717) is 23.8 Å². The minimum absolute atomic E-state index is 0.0905. The standard InChI is InChI=1S/C26H29NO4/c1-6-14-27-23(19-10-8-18(9-11-19)16(3)4)22(25(29)26(27)30)24(28)20-12-13-21(31-7-2)17(5)15-20/h6,8-13,15-16,23,28H,1,7,14H2,2-5H3. The molecule has 5 nitrogen and oxygen atoms in total. The maximum atomic E-state index is 13.0. The Labute approximate surface area is 183 Å². The van der Waals surface area contributed by atoms with E-state index in [4.69, 9.17) is 4.74 Å². The molecule has 1 aliphatic heterocycles. The number of aliphatic hydroxyl groups is 1. The number of benzene rings is 2. The van der Waals surface area contributed by atoms with Crippen molar-refractivity contribution >= 4 is 17.4 Å². The van der Waals surface area contributed by atoms with E-state index < -0.39 is 17.7 Å². The van der Waals surface area contributed by atoms with Gasteiger partial charge in [0.25, 0.3) is 11.7 Å². The van der Waals surface area contributed by atoms with E-state index in [1.165, 1.54) is 4.90 Å². The second kappa shape index (κ2) is 9.21. The highest BCUT2D eigenvalue weighted by molar-refractivity contribution is 6.46. The van der Waals surface area contributed by atoms with Gasteiger partial charge in [-0.3, -0.25) is 9.59 Å². The largest absolute Gasteiger partial charge is 0.507 e. The van der Waals surface area contributed by atoms with Gasteiger partial charge in [0.1, 0.15) is 11.5 Å². The van der Waals surface area contributed by atoms with E-state index in [-0.39, 0.29) is 17.9 Å². The molecule has 0 aliphatic carbocycles. The molecule has 0 spiro atoms. The Kier molecular flexibility index (Phi) is 6.64. The zero-order valence-electron chi connectivity index (χ0n) is 18.5. The molecule has 1 heterocycles. The number of likely N-dealkylation sites (tertiary alicyclic amines) is 1. The fourth-order valence-electron chi connectivity index (χ4n) is 3.89. The number of amides is 1. The normalized spacial score (nSPS) is 18.0. The van der Waals surface area contributed by atoms with E-state index in [9.17, 15) is 14.7 Å². The third-order valence-electron chi connectivity index (χ3n) is 5.53. The van der Waals surface area contributed by atoms with Crippen molar-refractivity contribution in [3.05, 3.63) is 82.9 Å². The van der Waals surface area contributed by atoms with Crippen LogP contribution in [0.4, 0.5) is 0 Å². The van der Waals surface area contributed by atoms with Gasteiger partial charge in [0.15, 0.2) is 0 Å². The molecule has 1 amide bonds. The van der Waals surface area contributed by atoms with Crippen LogP contribution in [-0.4, -0.2) is 34.8 Å². The summed E-state index contributed by atoms with van der Waals surface area (Å²) in [6.45, 7) is 12.4. The highest BCUT2D eigenvalue weighted by atomic mass is 16.5. The summed E-state index contributed by atoms with van der Waals surface area (Å²) in [5.74, 6) is -0.438. The van der Waals surface area contributed by atoms with Gasteiger partial charge in [-0.05, 0) is 54.7 Å². The molecule has 5 heteroatoms. The third-order valence-corrected chi connectivity index (χ3v) is 5.53.